The first-order valence-corrected chi connectivity index (χ1v) is 10.1. The Morgan fingerprint density at radius 2 is 1.90 bits per heavy atom. The summed E-state index contributed by atoms with van der Waals surface area (Å²) in [6.07, 6.45) is 2.90. The molecular formula is C23H25ClN2O3. The normalized spacial score (nSPS) is 10.9. The average molecular weight is 413 g/mol. The zero-order valence-corrected chi connectivity index (χ0v) is 17.4. The van der Waals surface area contributed by atoms with E-state index >= 15 is 0 Å². The van der Waals surface area contributed by atoms with Crippen molar-refractivity contribution in [3.8, 4) is 11.1 Å². The molecule has 0 fully saturated rings. The third kappa shape index (κ3) is 4.69. The summed E-state index contributed by atoms with van der Waals surface area (Å²) >= 11 is 6.23. The standard InChI is InChI=1S/C23H25ClN2O3/c1-3-4-9-21-25-22(24)20(15-27)26(21)14-16-10-12-17(13-11-16)18-7-5-6-8-19(18)23(28)29-2/h5-8,10-13,27H,3-4,9,14-15H2,1-2H3. The van der Waals surface area contributed by atoms with Crippen molar-refractivity contribution in [2.24, 2.45) is 0 Å². The van der Waals surface area contributed by atoms with Crippen LogP contribution >= 0.6 is 11.6 Å². The van der Waals surface area contributed by atoms with Gasteiger partial charge in [0.2, 0.25) is 0 Å². The van der Waals surface area contributed by atoms with Gasteiger partial charge >= 0.3 is 5.97 Å². The van der Waals surface area contributed by atoms with Crippen molar-refractivity contribution in [2.45, 2.75) is 39.3 Å². The Morgan fingerprint density at radius 1 is 1.17 bits per heavy atom. The minimum absolute atomic E-state index is 0.150. The number of carbonyl (C=O) groups is 1. The predicted molar refractivity (Wildman–Crippen MR) is 114 cm³/mol. The second-order valence-corrected chi connectivity index (χ2v) is 7.21. The third-order valence-electron chi connectivity index (χ3n) is 4.94. The van der Waals surface area contributed by atoms with Gasteiger partial charge in [-0.25, -0.2) is 9.78 Å². The lowest BCUT2D eigenvalue weighted by Gasteiger charge is -2.12. The highest BCUT2D eigenvalue weighted by molar-refractivity contribution is 6.30. The molecule has 0 spiro atoms. The van der Waals surface area contributed by atoms with E-state index in [1.807, 2.05) is 47.0 Å². The number of aryl methyl sites for hydroxylation is 1. The van der Waals surface area contributed by atoms with E-state index in [4.69, 9.17) is 16.3 Å². The zero-order valence-electron chi connectivity index (χ0n) is 16.7. The number of nitrogens with zero attached hydrogens (tertiary/aromatic N) is 2. The molecular weight excluding hydrogens is 388 g/mol. The monoisotopic (exact) mass is 412 g/mol. The fraction of sp³-hybridized carbons (Fsp3) is 0.304. The van der Waals surface area contributed by atoms with Crippen LogP contribution in [0.25, 0.3) is 11.1 Å². The molecule has 0 aliphatic carbocycles. The number of imidazole rings is 1. The molecule has 152 valence electrons. The number of ether oxygens (including phenoxy) is 1. The van der Waals surface area contributed by atoms with Gasteiger partial charge in [0.05, 0.1) is 25.0 Å². The van der Waals surface area contributed by atoms with Gasteiger partial charge in [0.1, 0.15) is 5.82 Å². The van der Waals surface area contributed by atoms with Crippen LogP contribution in [0.15, 0.2) is 48.5 Å². The van der Waals surface area contributed by atoms with Gasteiger partial charge in [-0.15, -0.1) is 0 Å². The second-order valence-electron chi connectivity index (χ2n) is 6.85. The molecule has 2 aromatic carbocycles. The van der Waals surface area contributed by atoms with Gasteiger partial charge in [-0.05, 0) is 29.2 Å². The van der Waals surface area contributed by atoms with Crippen molar-refractivity contribution >= 4 is 17.6 Å². The fourth-order valence-electron chi connectivity index (χ4n) is 3.36. The molecule has 0 unspecified atom stereocenters. The molecule has 0 radical (unpaired) electrons. The van der Waals surface area contributed by atoms with Crippen molar-refractivity contribution in [1.29, 1.82) is 0 Å². The predicted octanol–water partition coefficient (Wildman–Crippen LogP) is 4.87. The highest BCUT2D eigenvalue weighted by Gasteiger charge is 2.16. The van der Waals surface area contributed by atoms with Crippen LogP contribution in [-0.2, 0) is 24.3 Å². The molecule has 0 saturated heterocycles. The number of unbranched alkanes of at least 4 members (excludes halogenated alkanes) is 1. The molecule has 1 aromatic heterocycles. The van der Waals surface area contributed by atoms with Crippen LogP contribution in [0.4, 0.5) is 0 Å². The summed E-state index contributed by atoms with van der Waals surface area (Å²) < 4.78 is 6.88. The smallest absolute Gasteiger partial charge is 0.338 e. The molecule has 0 saturated carbocycles. The van der Waals surface area contributed by atoms with Crippen molar-refractivity contribution in [3.63, 3.8) is 0 Å². The fourth-order valence-corrected chi connectivity index (χ4v) is 3.62. The van der Waals surface area contributed by atoms with Crippen LogP contribution in [-0.4, -0.2) is 27.7 Å². The Kier molecular flexibility index (Phi) is 7.07. The van der Waals surface area contributed by atoms with Crippen LogP contribution in [0.1, 0.15) is 47.2 Å². The Hall–Kier alpha value is -2.63. The molecule has 0 amide bonds. The molecule has 3 aromatic rings. The molecule has 0 aliphatic heterocycles. The molecule has 5 nitrogen and oxygen atoms in total. The van der Waals surface area contributed by atoms with Gasteiger partial charge in [-0.3, -0.25) is 0 Å². The third-order valence-corrected chi connectivity index (χ3v) is 5.25. The zero-order chi connectivity index (χ0) is 20.8. The van der Waals surface area contributed by atoms with Crippen LogP contribution in [0.5, 0.6) is 0 Å². The lowest BCUT2D eigenvalue weighted by Crippen LogP contribution is -2.09. The Morgan fingerprint density at radius 3 is 2.55 bits per heavy atom. The topological polar surface area (TPSA) is 64.4 Å². The molecule has 0 bridgehead atoms. The molecule has 0 aliphatic rings. The number of aromatic nitrogens is 2. The first kappa shape index (κ1) is 21.1. The summed E-state index contributed by atoms with van der Waals surface area (Å²) in [7, 11) is 1.38. The molecule has 29 heavy (non-hydrogen) atoms. The molecule has 1 N–H and O–H groups in total. The number of benzene rings is 2. The summed E-state index contributed by atoms with van der Waals surface area (Å²) in [5, 5.41) is 10.1. The van der Waals surface area contributed by atoms with Gasteiger partial charge in [0.25, 0.3) is 0 Å². The quantitative estimate of drug-likeness (QED) is 0.536. The first-order chi connectivity index (χ1) is 14.1. The largest absolute Gasteiger partial charge is 0.465 e. The van der Waals surface area contributed by atoms with Crippen LogP contribution in [0, 0.1) is 0 Å². The van der Waals surface area contributed by atoms with E-state index in [0.717, 1.165) is 41.8 Å². The van der Waals surface area contributed by atoms with Crippen LogP contribution in [0.3, 0.4) is 0 Å². The minimum Gasteiger partial charge on any atom is -0.465 e. The number of aliphatic hydroxyl groups is 1. The number of halogens is 1. The highest BCUT2D eigenvalue weighted by atomic mass is 35.5. The number of esters is 1. The van der Waals surface area contributed by atoms with E-state index in [1.165, 1.54) is 7.11 Å². The van der Waals surface area contributed by atoms with Crippen molar-refractivity contribution in [2.75, 3.05) is 7.11 Å². The van der Waals surface area contributed by atoms with E-state index in [2.05, 4.69) is 11.9 Å². The number of methoxy groups -OCH3 is 1. The molecule has 0 atom stereocenters. The van der Waals surface area contributed by atoms with Crippen molar-refractivity contribution in [3.05, 3.63) is 76.3 Å². The summed E-state index contributed by atoms with van der Waals surface area (Å²) in [5.74, 6) is 0.534. The van der Waals surface area contributed by atoms with Crippen LogP contribution in [0.2, 0.25) is 5.15 Å². The number of rotatable bonds is 8. The van der Waals surface area contributed by atoms with E-state index in [-0.39, 0.29) is 12.6 Å². The highest BCUT2D eigenvalue weighted by Crippen LogP contribution is 2.26. The first-order valence-electron chi connectivity index (χ1n) is 9.70. The van der Waals surface area contributed by atoms with Crippen molar-refractivity contribution in [1.82, 2.24) is 9.55 Å². The molecule has 1 heterocycles. The summed E-state index contributed by atoms with van der Waals surface area (Å²) in [4.78, 5) is 16.5. The second kappa shape index (κ2) is 9.72. The summed E-state index contributed by atoms with van der Waals surface area (Å²) in [6, 6.07) is 15.4. The summed E-state index contributed by atoms with van der Waals surface area (Å²) in [5.41, 5.74) is 4.00. The Balaban J connectivity index is 1.89. The lowest BCUT2D eigenvalue weighted by molar-refractivity contribution is 0.0601. The maximum Gasteiger partial charge on any atom is 0.338 e. The van der Waals surface area contributed by atoms with Gasteiger partial charge in [-0.2, -0.15) is 0 Å². The number of aliphatic hydroxyl groups excluding tert-OH is 1. The lowest BCUT2D eigenvalue weighted by atomic mass is 9.98. The Labute approximate surface area is 175 Å². The van der Waals surface area contributed by atoms with Crippen LogP contribution < -0.4 is 0 Å². The SMILES string of the molecule is CCCCc1nc(Cl)c(CO)n1Cc1ccc(-c2ccccc2C(=O)OC)cc1. The van der Waals surface area contributed by atoms with E-state index in [9.17, 15) is 9.90 Å². The maximum atomic E-state index is 12.0. The van der Waals surface area contributed by atoms with E-state index in [1.54, 1.807) is 6.07 Å². The van der Waals surface area contributed by atoms with Gasteiger partial charge in [0, 0.05) is 13.0 Å². The number of carbonyl (C=O) groups excluding carboxylic acids is 1. The average Bonchev–Trinajstić information content (AvgIpc) is 3.06. The van der Waals surface area contributed by atoms with E-state index in [0.29, 0.717) is 23.0 Å². The van der Waals surface area contributed by atoms with Crippen molar-refractivity contribution < 1.29 is 14.6 Å². The van der Waals surface area contributed by atoms with Gasteiger partial charge in [0.15, 0.2) is 5.15 Å². The van der Waals surface area contributed by atoms with Gasteiger partial charge < -0.3 is 14.4 Å². The minimum atomic E-state index is -0.356. The Bertz CT molecular complexity index is 980. The summed E-state index contributed by atoms with van der Waals surface area (Å²) in [6.45, 7) is 2.56. The maximum absolute atomic E-state index is 12.0. The molecule has 6 heteroatoms. The molecule has 3 rings (SSSR count). The number of hydrogen-bond acceptors (Lipinski definition) is 4. The van der Waals surface area contributed by atoms with Gasteiger partial charge in [-0.1, -0.05) is 67.4 Å². The number of hydrogen-bond donors (Lipinski definition) is 1. The van der Waals surface area contributed by atoms with E-state index < -0.39 is 0 Å².